The van der Waals surface area contributed by atoms with Crippen LogP contribution >= 0.6 is 47.3 Å². The van der Waals surface area contributed by atoms with E-state index in [9.17, 15) is 0 Å². The molecule has 0 aromatic carbocycles. The molecule has 0 aliphatic rings. The average Bonchev–Trinajstić information content (AvgIpc) is 1.72. The largest absolute Gasteiger partial charge is 0.368 e. The summed E-state index contributed by atoms with van der Waals surface area (Å²) in [6.45, 7) is 0. The van der Waals surface area contributed by atoms with Gasteiger partial charge in [-0.1, -0.05) is 0 Å². The average molecular weight is 178 g/mol. The van der Waals surface area contributed by atoms with E-state index in [1.165, 1.54) is 0 Å². The second-order valence-electron chi connectivity index (χ2n) is 0.469. The highest BCUT2D eigenvalue weighted by molar-refractivity contribution is 7.87. The summed E-state index contributed by atoms with van der Waals surface area (Å²) < 4.78 is 12.6. The predicted molar refractivity (Wildman–Crippen MR) is 37.1 cm³/mol. The second kappa shape index (κ2) is 5.50. The number of hydrogen-bond donors (Lipinski definition) is 3. The van der Waals surface area contributed by atoms with E-state index in [4.69, 9.17) is 0 Å². The Labute approximate surface area is 59.6 Å². The Balaban J connectivity index is 2.99. The van der Waals surface area contributed by atoms with Gasteiger partial charge in [-0.25, -0.2) is 11.9 Å². The van der Waals surface area contributed by atoms with E-state index in [1.54, 1.807) is 0 Å². The van der Waals surface area contributed by atoms with Gasteiger partial charge < -0.3 is 0 Å². The Morgan fingerprint density at radius 1 is 0.857 bits per heavy atom. The van der Waals surface area contributed by atoms with Crippen molar-refractivity contribution in [1.82, 2.24) is 0 Å². The Hall–Kier alpha value is 1.36. The molecule has 0 aromatic rings. The molecule has 0 aliphatic carbocycles. The van der Waals surface area contributed by atoms with E-state index in [0.29, 0.717) is 0 Å². The summed E-state index contributed by atoms with van der Waals surface area (Å²) in [5.41, 5.74) is 0. The maximum absolute atomic E-state index is 4.21. The monoisotopic (exact) mass is 178 g/mol. The van der Waals surface area contributed by atoms with Crippen LogP contribution in [-0.4, -0.2) is 0 Å². The molecule has 0 aliphatic heterocycles. The zero-order chi connectivity index (χ0) is 5.70. The van der Waals surface area contributed by atoms with Crippen molar-refractivity contribution in [3.05, 3.63) is 0 Å². The number of thiol groups is 3. The molecule has 0 rings (SSSR count). The summed E-state index contributed by atoms with van der Waals surface area (Å²) in [5, 5.41) is 0. The molecule has 0 heterocycles. The number of hydrogen-bond acceptors (Lipinski definition) is 6. The topological polar surface area (TPSA) is 27.7 Å². The van der Waals surface area contributed by atoms with Crippen LogP contribution in [0.15, 0.2) is 0 Å². The molecule has 0 fully saturated rings. The summed E-state index contributed by atoms with van der Waals surface area (Å²) in [6, 6.07) is 0. The van der Waals surface area contributed by atoms with Crippen LogP contribution in [0.3, 0.4) is 0 Å². The fourth-order valence-electron chi connectivity index (χ4n) is 0.0447. The third-order valence-corrected chi connectivity index (χ3v) is 1.80. The minimum atomic E-state index is -1.46. The van der Waals surface area contributed by atoms with E-state index in [1.807, 2.05) is 0 Å². The molecule has 0 unspecified atom stereocenters. The molecule has 0 radical (unpaired) electrons. The van der Waals surface area contributed by atoms with Crippen molar-refractivity contribution in [2.24, 2.45) is 0 Å². The van der Waals surface area contributed by atoms with Gasteiger partial charge in [0.05, 0.1) is 0 Å². The Bertz CT molecular complexity index is 31.7. The van der Waals surface area contributed by atoms with Crippen LogP contribution in [0.4, 0.5) is 0 Å². The standard InChI is InChI=1S/H3O3PS3/c5-1-4(2-6)3-7/h5-7H. The van der Waals surface area contributed by atoms with Gasteiger partial charge in [0.25, 0.3) is 0 Å². The smallest absolute Gasteiger partial charge is 0.243 e. The van der Waals surface area contributed by atoms with E-state index in [-0.39, 0.29) is 0 Å². The summed E-state index contributed by atoms with van der Waals surface area (Å²) >= 11 is 10.1. The fourth-order valence-corrected chi connectivity index (χ4v) is 1.21. The molecule has 0 aromatic heterocycles. The summed E-state index contributed by atoms with van der Waals surface area (Å²) in [6.07, 6.45) is 0. The zero-order valence-corrected chi connectivity index (χ0v) is 6.59. The van der Waals surface area contributed by atoms with Crippen molar-refractivity contribution >= 4 is 47.3 Å². The normalized spacial score (nSPS) is 10.3. The Morgan fingerprint density at radius 3 is 1.14 bits per heavy atom. The molecule has 0 bridgehead atoms. The van der Waals surface area contributed by atoms with E-state index < -0.39 is 8.60 Å². The first kappa shape index (κ1) is 8.36. The SMILES string of the molecule is SOP(OS)OS. The molecule has 7 heavy (non-hydrogen) atoms. The second-order valence-corrected chi connectivity index (χ2v) is 2.88. The van der Waals surface area contributed by atoms with Gasteiger partial charge in [-0.2, -0.15) is 0 Å². The fraction of sp³-hybridized carbons (Fsp3) is 0. The highest BCUT2D eigenvalue weighted by Crippen LogP contribution is 2.42. The first-order chi connectivity index (χ1) is 3.35. The summed E-state index contributed by atoms with van der Waals surface area (Å²) in [5.74, 6) is 0. The van der Waals surface area contributed by atoms with Crippen LogP contribution in [0.2, 0.25) is 0 Å². The molecule has 0 saturated heterocycles. The van der Waals surface area contributed by atoms with Gasteiger partial charge in [-0.3, -0.25) is 0 Å². The molecule has 0 N–H and O–H groups in total. The van der Waals surface area contributed by atoms with Gasteiger partial charge >= 0.3 is 8.60 Å². The highest BCUT2D eigenvalue weighted by Gasteiger charge is 2.04. The quantitative estimate of drug-likeness (QED) is 0.349. The van der Waals surface area contributed by atoms with Gasteiger partial charge in [0.1, 0.15) is 0 Å². The van der Waals surface area contributed by atoms with Crippen molar-refractivity contribution in [3.63, 3.8) is 0 Å². The maximum Gasteiger partial charge on any atom is 0.368 e. The van der Waals surface area contributed by atoms with Crippen molar-refractivity contribution in [2.45, 2.75) is 0 Å². The molecule has 0 atom stereocenters. The van der Waals surface area contributed by atoms with Gasteiger partial charge in [0.15, 0.2) is 0 Å². The van der Waals surface area contributed by atoms with Gasteiger partial charge in [-0.15, -0.1) is 0 Å². The lowest BCUT2D eigenvalue weighted by atomic mass is 15.7. The van der Waals surface area contributed by atoms with E-state index >= 15 is 0 Å². The highest BCUT2D eigenvalue weighted by atomic mass is 32.1. The van der Waals surface area contributed by atoms with Crippen molar-refractivity contribution < 1.29 is 11.9 Å². The zero-order valence-electron chi connectivity index (χ0n) is 3.01. The van der Waals surface area contributed by atoms with Gasteiger partial charge in [0, 0.05) is 0 Å². The van der Waals surface area contributed by atoms with Gasteiger partial charge in [-0.05, 0) is 38.7 Å². The van der Waals surface area contributed by atoms with Crippen molar-refractivity contribution in [1.29, 1.82) is 0 Å². The van der Waals surface area contributed by atoms with Crippen molar-refractivity contribution in [2.75, 3.05) is 0 Å². The van der Waals surface area contributed by atoms with Crippen LogP contribution in [0.5, 0.6) is 0 Å². The maximum atomic E-state index is 4.21. The third kappa shape index (κ3) is 3.90. The third-order valence-electron chi connectivity index (χ3n) is 0.200. The Kier molecular flexibility index (Phi) is 6.56. The minimum Gasteiger partial charge on any atom is -0.243 e. The molecular weight excluding hydrogens is 175 g/mol. The molecule has 3 nitrogen and oxygen atoms in total. The first-order valence-corrected chi connectivity index (χ1v) is 3.29. The van der Waals surface area contributed by atoms with E-state index in [2.05, 4.69) is 50.6 Å². The molecule has 0 spiro atoms. The molecule has 0 amide bonds. The molecule has 0 saturated carbocycles. The lowest BCUT2D eigenvalue weighted by Crippen LogP contribution is -1.68. The molecular formula is H3O3PS3. The van der Waals surface area contributed by atoms with Crippen LogP contribution in [0.1, 0.15) is 0 Å². The lowest BCUT2D eigenvalue weighted by Gasteiger charge is -2.01. The first-order valence-electron chi connectivity index (χ1n) is 1.10. The van der Waals surface area contributed by atoms with Crippen molar-refractivity contribution in [3.8, 4) is 0 Å². The van der Waals surface area contributed by atoms with Gasteiger partial charge in [0.2, 0.25) is 0 Å². The predicted octanol–water partition coefficient (Wildman–Crippen LogP) is 1.80. The number of rotatable bonds is 3. The summed E-state index contributed by atoms with van der Waals surface area (Å²) in [7, 11) is -1.46. The van der Waals surface area contributed by atoms with Crippen LogP contribution in [0, 0.1) is 0 Å². The Morgan fingerprint density at radius 2 is 1.14 bits per heavy atom. The van der Waals surface area contributed by atoms with Crippen LogP contribution in [-0.2, 0) is 11.9 Å². The minimum absolute atomic E-state index is 1.46. The molecule has 44 valence electrons. The van der Waals surface area contributed by atoms with Crippen LogP contribution in [0.25, 0.3) is 0 Å². The van der Waals surface area contributed by atoms with Crippen LogP contribution < -0.4 is 0 Å². The van der Waals surface area contributed by atoms with E-state index in [0.717, 1.165) is 0 Å². The lowest BCUT2D eigenvalue weighted by molar-refractivity contribution is 0.480. The molecule has 7 heteroatoms. The summed E-state index contributed by atoms with van der Waals surface area (Å²) in [4.78, 5) is 0.